The molecule has 3 heterocycles. The van der Waals surface area contributed by atoms with Crippen molar-refractivity contribution in [3.8, 4) is 0 Å². The first-order valence-electron chi connectivity index (χ1n) is 10.4. The van der Waals surface area contributed by atoms with E-state index >= 15 is 0 Å². The molecule has 2 fully saturated rings. The van der Waals surface area contributed by atoms with E-state index in [2.05, 4.69) is 15.4 Å². The lowest BCUT2D eigenvalue weighted by molar-refractivity contribution is 0.0955. The molecule has 2 aliphatic heterocycles. The first-order chi connectivity index (χ1) is 15.0. The Morgan fingerprint density at radius 3 is 2.61 bits per heavy atom. The van der Waals surface area contributed by atoms with Crippen molar-refractivity contribution >= 4 is 38.5 Å². The number of nitrogens with one attached hydrogen (secondary N) is 1. The summed E-state index contributed by atoms with van der Waals surface area (Å²) < 4.78 is 32.6. The quantitative estimate of drug-likeness (QED) is 0.526. The summed E-state index contributed by atoms with van der Waals surface area (Å²) >= 11 is 1.59. The molecule has 1 N–H and O–H groups in total. The summed E-state index contributed by atoms with van der Waals surface area (Å²) in [5, 5.41) is 5.19. The zero-order valence-electron chi connectivity index (χ0n) is 17.2. The van der Waals surface area contributed by atoms with Crippen LogP contribution in [0.5, 0.6) is 0 Å². The first-order valence-corrected chi connectivity index (χ1v) is 12.7. The van der Waals surface area contributed by atoms with Gasteiger partial charge in [0.25, 0.3) is 5.91 Å². The van der Waals surface area contributed by atoms with Crippen LogP contribution >= 0.6 is 11.3 Å². The summed E-state index contributed by atoms with van der Waals surface area (Å²) in [4.78, 5) is 15.8. The van der Waals surface area contributed by atoms with Crippen molar-refractivity contribution in [2.45, 2.75) is 24.2 Å². The number of nitrogens with zero attached hydrogens (tertiary/aromatic N) is 3. The highest BCUT2D eigenvalue weighted by Gasteiger charge is 2.26. The number of hydrazone groups is 1. The maximum atomic E-state index is 12.8. The molecule has 0 saturated carbocycles. The molecule has 4 rings (SSSR count). The Kier molecular flexibility index (Phi) is 7.01. The number of benzene rings is 1. The first kappa shape index (κ1) is 21.9. The summed E-state index contributed by atoms with van der Waals surface area (Å²) in [6.07, 6.45) is 4.37. The molecule has 2 aliphatic rings. The van der Waals surface area contributed by atoms with Gasteiger partial charge >= 0.3 is 0 Å². The van der Waals surface area contributed by atoms with Gasteiger partial charge in [0.05, 0.1) is 29.3 Å². The SMILES string of the molecule is O=C(NN=Cc1ccc(N2CCOCC2)s1)c1cccc(S(=O)(=O)N2CCCCC2)c1. The maximum absolute atomic E-state index is 12.8. The van der Waals surface area contributed by atoms with E-state index in [0.29, 0.717) is 13.1 Å². The van der Waals surface area contributed by atoms with Crippen LogP contribution in [0.3, 0.4) is 0 Å². The Morgan fingerprint density at radius 2 is 1.84 bits per heavy atom. The largest absolute Gasteiger partial charge is 0.378 e. The normalized spacial score (nSPS) is 18.4. The van der Waals surface area contributed by atoms with Crippen LogP contribution in [-0.2, 0) is 14.8 Å². The van der Waals surface area contributed by atoms with Crippen LogP contribution in [0, 0.1) is 0 Å². The number of piperidine rings is 1. The number of ether oxygens (including phenoxy) is 1. The minimum atomic E-state index is -3.59. The number of thiophene rings is 1. The molecule has 2 aromatic rings. The van der Waals surface area contributed by atoms with Crippen LogP contribution in [0.2, 0.25) is 0 Å². The predicted molar refractivity (Wildman–Crippen MR) is 121 cm³/mol. The molecular formula is C21H26N4O4S2. The monoisotopic (exact) mass is 462 g/mol. The Morgan fingerprint density at radius 1 is 1.06 bits per heavy atom. The maximum Gasteiger partial charge on any atom is 0.271 e. The second-order valence-corrected chi connectivity index (χ2v) is 10.5. The van der Waals surface area contributed by atoms with E-state index in [1.54, 1.807) is 29.7 Å². The fourth-order valence-corrected chi connectivity index (χ4v) is 6.13. The third-order valence-electron chi connectivity index (χ3n) is 5.34. The van der Waals surface area contributed by atoms with Gasteiger partial charge < -0.3 is 9.64 Å². The smallest absolute Gasteiger partial charge is 0.271 e. The number of carbonyl (C=O) groups excluding carboxylic acids is 1. The van der Waals surface area contributed by atoms with E-state index in [1.807, 2.05) is 12.1 Å². The molecule has 2 saturated heterocycles. The van der Waals surface area contributed by atoms with Crippen molar-refractivity contribution < 1.29 is 17.9 Å². The fourth-order valence-electron chi connectivity index (χ4n) is 3.64. The molecular weight excluding hydrogens is 436 g/mol. The molecule has 8 nitrogen and oxygen atoms in total. The van der Waals surface area contributed by atoms with Crippen molar-refractivity contribution in [2.75, 3.05) is 44.3 Å². The average molecular weight is 463 g/mol. The molecule has 0 unspecified atom stereocenters. The number of amides is 1. The van der Waals surface area contributed by atoms with Gasteiger partial charge in [0.1, 0.15) is 0 Å². The van der Waals surface area contributed by atoms with Gasteiger partial charge in [-0.15, -0.1) is 11.3 Å². The summed E-state index contributed by atoms with van der Waals surface area (Å²) in [6, 6.07) is 10.1. The number of hydrogen-bond acceptors (Lipinski definition) is 7. The van der Waals surface area contributed by atoms with Gasteiger partial charge in [-0.2, -0.15) is 9.41 Å². The van der Waals surface area contributed by atoms with Gasteiger partial charge in [-0.3, -0.25) is 4.79 Å². The van der Waals surface area contributed by atoms with E-state index in [-0.39, 0.29) is 10.5 Å². The third-order valence-corrected chi connectivity index (χ3v) is 8.32. The molecule has 10 heteroatoms. The van der Waals surface area contributed by atoms with Crippen LogP contribution in [0.1, 0.15) is 34.5 Å². The van der Waals surface area contributed by atoms with Gasteiger partial charge in [-0.25, -0.2) is 13.8 Å². The Bertz CT molecular complexity index is 1040. The van der Waals surface area contributed by atoms with Gasteiger partial charge in [0, 0.05) is 36.6 Å². The van der Waals surface area contributed by atoms with Crippen molar-refractivity contribution in [1.82, 2.24) is 9.73 Å². The Hall–Kier alpha value is -2.27. The summed E-state index contributed by atoms with van der Waals surface area (Å²) in [5.74, 6) is -0.447. The van der Waals surface area contributed by atoms with Gasteiger partial charge in [0.15, 0.2) is 0 Å². The molecule has 0 spiro atoms. The Labute approximate surface area is 186 Å². The van der Waals surface area contributed by atoms with Crippen LogP contribution in [0.25, 0.3) is 0 Å². The van der Waals surface area contributed by atoms with Crippen molar-refractivity contribution in [3.05, 3.63) is 46.8 Å². The topological polar surface area (TPSA) is 91.3 Å². The minimum Gasteiger partial charge on any atom is -0.378 e. The lowest BCUT2D eigenvalue weighted by atomic mass is 10.2. The number of carbonyl (C=O) groups is 1. The second-order valence-electron chi connectivity index (χ2n) is 7.47. The van der Waals surface area contributed by atoms with Crippen LogP contribution in [-0.4, -0.2) is 64.2 Å². The standard InChI is InChI=1S/C21H26N4O4S2/c26-21(23-22-16-18-7-8-20(30-18)24-11-13-29-14-12-24)17-5-4-6-19(15-17)31(27,28)25-9-2-1-3-10-25/h4-8,15-16H,1-3,9-14H2,(H,23,26). The zero-order chi connectivity index (χ0) is 21.7. The molecule has 0 aliphatic carbocycles. The molecule has 31 heavy (non-hydrogen) atoms. The van der Waals surface area contributed by atoms with E-state index in [1.165, 1.54) is 16.4 Å². The molecule has 0 radical (unpaired) electrons. The van der Waals surface area contributed by atoms with Crippen LogP contribution < -0.4 is 10.3 Å². The zero-order valence-corrected chi connectivity index (χ0v) is 18.8. The van der Waals surface area contributed by atoms with E-state index in [0.717, 1.165) is 55.4 Å². The summed E-state index contributed by atoms with van der Waals surface area (Å²) in [7, 11) is -3.59. The number of morpholine rings is 1. The number of sulfonamides is 1. The third kappa shape index (κ3) is 5.32. The van der Waals surface area contributed by atoms with E-state index in [9.17, 15) is 13.2 Å². The lowest BCUT2D eigenvalue weighted by Gasteiger charge is -2.27. The predicted octanol–water partition coefficient (Wildman–Crippen LogP) is 2.52. The van der Waals surface area contributed by atoms with Gasteiger partial charge in [0.2, 0.25) is 10.0 Å². The van der Waals surface area contributed by atoms with Crippen molar-refractivity contribution in [1.29, 1.82) is 0 Å². The van der Waals surface area contributed by atoms with E-state index in [4.69, 9.17) is 4.74 Å². The second kappa shape index (κ2) is 9.90. The number of rotatable bonds is 6. The number of hydrogen-bond donors (Lipinski definition) is 1. The molecule has 1 aromatic heterocycles. The highest BCUT2D eigenvalue weighted by atomic mass is 32.2. The van der Waals surface area contributed by atoms with Gasteiger partial charge in [-0.05, 0) is 43.2 Å². The summed E-state index contributed by atoms with van der Waals surface area (Å²) in [6.45, 7) is 4.23. The lowest BCUT2D eigenvalue weighted by Crippen LogP contribution is -2.35. The van der Waals surface area contributed by atoms with Crippen molar-refractivity contribution in [3.63, 3.8) is 0 Å². The fraction of sp³-hybridized carbons (Fsp3) is 0.429. The molecule has 0 bridgehead atoms. The number of anilines is 1. The molecule has 1 amide bonds. The highest BCUT2D eigenvalue weighted by Crippen LogP contribution is 2.25. The van der Waals surface area contributed by atoms with E-state index < -0.39 is 15.9 Å². The average Bonchev–Trinajstić information content (AvgIpc) is 3.29. The Balaban J connectivity index is 1.39. The molecule has 166 valence electrons. The van der Waals surface area contributed by atoms with Crippen molar-refractivity contribution in [2.24, 2.45) is 5.10 Å². The highest BCUT2D eigenvalue weighted by molar-refractivity contribution is 7.89. The molecule has 0 atom stereocenters. The minimum absolute atomic E-state index is 0.138. The molecule has 1 aromatic carbocycles. The van der Waals surface area contributed by atoms with Crippen LogP contribution in [0.4, 0.5) is 5.00 Å². The summed E-state index contributed by atoms with van der Waals surface area (Å²) in [5.41, 5.74) is 2.75. The van der Waals surface area contributed by atoms with Gasteiger partial charge in [-0.1, -0.05) is 12.5 Å². The van der Waals surface area contributed by atoms with Crippen LogP contribution in [0.15, 0.2) is 46.4 Å².